The van der Waals surface area contributed by atoms with Gasteiger partial charge in [0.05, 0.1) is 28.8 Å². The molecule has 0 spiro atoms. The van der Waals surface area contributed by atoms with Crippen molar-refractivity contribution in [3.8, 4) is 0 Å². The molecule has 3 aromatic heterocycles. The minimum Gasteiger partial charge on any atom is -0.345 e. The van der Waals surface area contributed by atoms with Crippen LogP contribution in [-0.2, 0) is 30.7 Å². The van der Waals surface area contributed by atoms with Crippen LogP contribution in [0.1, 0.15) is 57.3 Å². The second-order valence-electron chi connectivity index (χ2n) is 8.75. The number of imidazole rings is 1. The highest BCUT2D eigenvalue weighted by Gasteiger charge is 2.26. The molecule has 3 heterocycles. The molecule has 0 bridgehead atoms. The maximum absolute atomic E-state index is 13.3. The van der Waals surface area contributed by atoms with E-state index in [1.54, 1.807) is 0 Å². The monoisotopic (exact) mass is 476 g/mol. The van der Waals surface area contributed by atoms with Gasteiger partial charge in [0.15, 0.2) is 0 Å². The summed E-state index contributed by atoms with van der Waals surface area (Å²) in [6.07, 6.45) is 4.27. The number of carbonyl (C=O) groups excluding carboxylic acids is 2. The van der Waals surface area contributed by atoms with E-state index < -0.39 is 0 Å². The van der Waals surface area contributed by atoms with Crippen molar-refractivity contribution < 1.29 is 9.59 Å². The molecule has 0 fully saturated rings. The molecule has 5 rings (SSSR count). The molecule has 3 N–H and O–H groups in total. The van der Waals surface area contributed by atoms with Crippen molar-refractivity contribution in [2.75, 3.05) is 5.32 Å². The van der Waals surface area contributed by atoms with E-state index in [0.29, 0.717) is 35.9 Å². The van der Waals surface area contributed by atoms with Crippen molar-refractivity contribution >= 4 is 39.2 Å². The number of aromatic nitrogens is 4. The van der Waals surface area contributed by atoms with E-state index in [2.05, 4.69) is 25.7 Å². The van der Waals surface area contributed by atoms with Gasteiger partial charge in [-0.25, -0.2) is 4.98 Å². The highest BCUT2D eigenvalue weighted by atomic mass is 32.1. The Kier molecular flexibility index (Phi) is 6.19. The number of H-pyrrole nitrogens is 1. The van der Waals surface area contributed by atoms with Crippen LogP contribution in [0.25, 0.3) is 11.0 Å². The quantitative estimate of drug-likeness (QED) is 0.370. The fourth-order valence-corrected chi connectivity index (χ4v) is 5.84. The average molecular weight is 477 g/mol. The first-order valence-corrected chi connectivity index (χ1v) is 12.5. The summed E-state index contributed by atoms with van der Waals surface area (Å²) < 4.78 is 1.84. The number of fused-ring (bicyclic) bond motifs is 2. The number of hydrogen-bond acceptors (Lipinski definition) is 5. The number of carbonyl (C=O) groups is 2. The number of amides is 2. The summed E-state index contributed by atoms with van der Waals surface area (Å²) >= 11 is 1.53. The third-order valence-corrected chi connectivity index (χ3v) is 7.37. The molecular weight excluding hydrogens is 448 g/mol. The molecule has 1 aromatic carbocycles. The number of nitrogens with one attached hydrogen (secondary N) is 3. The number of nitrogens with zero attached hydrogens (tertiary/aromatic N) is 3. The Bertz CT molecular complexity index is 1330. The molecule has 1 aliphatic carbocycles. The van der Waals surface area contributed by atoms with Crippen LogP contribution in [0.4, 0.5) is 5.00 Å². The normalized spacial score (nSPS) is 13.1. The Hall–Kier alpha value is -3.46. The second kappa shape index (κ2) is 9.42. The SMILES string of the molecule is Cc1cc(C)n(CCC(=O)Nc2sc3c(c2C(=O)NCc2nc4ccccc4[nH]2)CCCC3)n1. The molecule has 34 heavy (non-hydrogen) atoms. The largest absolute Gasteiger partial charge is 0.345 e. The summed E-state index contributed by atoms with van der Waals surface area (Å²) in [4.78, 5) is 35.0. The summed E-state index contributed by atoms with van der Waals surface area (Å²) in [6.45, 7) is 4.72. The van der Waals surface area contributed by atoms with Crippen LogP contribution in [0.3, 0.4) is 0 Å². The van der Waals surface area contributed by atoms with Gasteiger partial charge in [0.2, 0.25) is 5.91 Å². The van der Waals surface area contributed by atoms with Crippen LogP contribution in [0.5, 0.6) is 0 Å². The van der Waals surface area contributed by atoms with Crippen LogP contribution in [0.15, 0.2) is 30.3 Å². The third kappa shape index (κ3) is 4.61. The lowest BCUT2D eigenvalue weighted by atomic mass is 9.95. The van der Waals surface area contributed by atoms with Gasteiger partial charge in [-0.3, -0.25) is 14.3 Å². The number of anilines is 1. The molecule has 176 valence electrons. The minimum atomic E-state index is -0.172. The second-order valence-corrected chi connectivity index (χ2v) is 9.85. The number of aromatic amines is 1. The summed E-state index contributed by atoms with van der Waals surface area (Å²) in [5, 5.41) is 11.1. The molecule has 0 radical (unpaired) electrons. The van der Waals surface area contributed by atoms with E-state index >= 15 is 0 Å². The Labute approximate surface area is 201 Å². The number of rotatable bonds is 7. The zero-order chi connectivity index (χ0) is 23.7. The number of hydrogen-bond donors (Lipinski definition) is 3. The van der Waals surface area contributed by atoms with Gasteiger partial charge in [0, 0.05) is 23.5 Å². The third-order valence-electron chi connectivity index (χ3n) is 6.16. The van der Waals surface area contributed by atoms with Gasteiger partial charge in [0.25, 0.3) is 5.91 Å². The predicted molar refractivity (Wildman–Crippen MR) is 133 cm³/mol. The highest BCUT2D eigenvalue weighted by molar-refractivity contribution is 7.17. The fourth-order valence-electron chi connectivity index (χ4n) is 4.53. The van der Waals surface area contributed by atoms with Crippen molar-refractivity contribution in [2.45, 2.75) is 59.0 Å². The molecule has 2 amide bonds. The molecule has 0 aliphatic heterocycles. The maximum Gasteiger partial charge on any atom is 0.254 e. The van der Waals surface area contributed by atoms with Crippen molar-refractivity contribution in [3.05, 3.63) is 63.5 Å². The summed E-state index contributed by atoms with van der Waals surface area (Å²) in [5.41, 5.74) is 5.46. The van der Waals surface area contributed by atoms with Crippen molar-refractivity contribution in [3.63, 3.8) is 0 Å². The van der Waals surface area contributed by atoms with Crippen molar-refractivity contribution in [2.24, 2.45) is 0 Å². The summed E-state index contributed by atoms with van der Waals surface area (Å²) in [7, 11) is 0. The van der Waals surface area contributed by atoms with Crippen LogP contribution < -0.4 is 10.6 Å². The van der Waals surface area contributed by atoms with Gasteiger partial charge >= 0.3 is 0 Å². The lowest BCUT2D eigenvalue weighted by Gasteiger charge is -2.13. The zero-order valence-electron chi connectivity index (χ0n) is 19.4. The molecule has 9 heteroatoms. The fraction of sp³-hybridized carbons (Fsp3) is 0.360. The van der Waals surface area contributed by atoms with Crippen LogP contribution in [0.2, 0.25) is 0 Å². The van der Waals surface area contributed by atoms with Crippen molar-refractivity contribution in [1.29, 1.82) is 0 Å². The Morgan fingerprint density at radius 3 is 2.79 bits per heavy atom. The van der Waals surface area contributed by atoms with Crippen molar-refractivity contribution in [1.82, 2.24) is 25.1 Å². The maximum atomic E-state index is 13.3. The minimum absolute atomic E-state index is 0.113. The Morgan fingerprint density at radius 2 is 2.00 bits per heavy atom. The summed E-state index contributed by atoms with van der Waals surface area (Å²) in [6, 6.07) is 9.78. The van der Waals surface area contributed by atoms with Gasteiger partial charge < -0.3 is 15.6 Å². The Balaban J connectivity index is 1.30. The van der Waals surface area contributed by atoms with E-state index in [1.165, 1.54) is 16.2 Å². The van der Waals surface area contributed by atoms with Crippen LogP contribution in [-0.4, -0.2) is 31.6 Å². The zero-order valence-corrected chi connectivity index (χ0v) is 20.2. The Morgan fingerprint density at radius 1 is 1.18 bits per heavy atom. The summed E-state index contributed by atoms with van der Waals surface area (Å²) in [5.74, 6) is 0.417. The van der Waals surface area contributed by atoms with Gasteiger partial charge in [0.1, 0.15) is 10.8 Å². The van der Waals surface area contributed by atoms with Gasteiger partial charge in [-0.15, -0.1) is 11.3 Å². The van der Waals surface area contributed by atoms with Crippen LogP contribution in [0, 0.1) is 13.8 Å². The molecular formula is C25H28N6O2S. The standard InChI is InChI=1S/C25H28N6O2S/c1-15-13-16(2)31(30-15)12-11-22(32)29-25-23(17-7-3-6-10-20(17)34-25)24(33)26-14-21-27-18-8-4-5-9-19(18)28-21/h4-5,8-9,13H,3,6-7,10-12,14H2,1-2H3,(H,26,33)(H,27,28)(H,29,32). The first-order chi connectivity index (χ1) is 16.5. The number of benzene rings is 1. The number of para-hydroxylation sites is 2. The van der Waals surface area contributed by atoms with Gasteiger partial charge in [-0.05, 0) is 63.3 Å². The topological polar surface area (TPSA) is 105 Å². The lowest BCUT2D eigenvalue weighted by molar-refractivity contribution is -0.116. The lowest BCUT2D eigenvalue weighted by Crippen LogP contribution is -2.26. The molecule has 8 nitrogen and oxygen atoms in total. The first kappa shape index (κ1) is 22.3. The first-order valence-electron chi connectivity index (χ1n) is 11.6. The number of thiophene rings is 1. The smallest absolute Gasteiger partial charge is 0.254 e. The van der Waals surface area contributed by atoms with Gasteiger partial charge in [-0.1, -0.05) is 12.1 Å². The van der Waals surface area contributed by atoms with E-state index in [9.17, 15) is 9.59 Å². The molecule has 1 aliphatic rings. The van der Waals surface area contributed by atoms with E-state index in [1.807, 2.05) is 48.9 Å². The van der Waals surface area contributed by atoms with E-state index in [-0.39, 0.29) is 11.8 Å². The molecule has 0 saturated heterocycles. The van der Waals surface area contributed by atoms with E-state index in [0.717, 1.165) is 53.7 Å². The molecule has 4 aromatic rings. The number of aryl methyl sites for hydroxylation is 4. The van der Waals surface area contributed by atoms with Gasteiger partial charge in [-0.2, -0.15) is 5.10 Å². The molecule has 0 unspecified atom stereocenters. The average Bonchev–Trinajstić information content (AvgIpc) is 3.49. The van der Waals surface area contributed by atoms with E-state index in [4.69, 9.17) is 0 Å². The van der Waals surface area contributed by atoms with Crippen LogP contribution >= 0.6 is 11.3 Å². The highest BCUT2D eigenvalue weighted by Crippen LogP contribution is 2.38. The molecule has 0 atom stereocenters. The predicted octanol–water partition coefficient (Wildman–Crippen LogP) is 4.28. The molecule has 0 saturated carbocycles.